The van der Waals surface area contributed by atoms with E-state index >= 15 is 0 Å². The van der Waals surface area contributed by atoms with Crippen molar-refractivity contribution in [1.82, 2.24) is 0 Å². The molecule has 136 valence electrons. The second-order valence-corrected chi connectivity index (χ2v) is 7.09. The summed E-state index contributed by atoms with van der Waals surface area (Å²) in [5.74, 6) is 2.28. The third-order valence-electron chi connectivity index (χ3n) is 5.32. The number of fused-ring (bicyclic) bond motifs is 1. The minimum atomic E-state index is -0.301. The second kappa shape index (κ2) is 7.36. The Morgan fingerprint density at radius 2 is 1.73 bits per heavy atom. The Balaban J connectivity index is 1.28. The van der Waals surface area contributed by atoms with Gasteiger partial charge in [-0.25, -0.2) is 4.39 Å². The number of hydrogen-bond acceptors (Lipinski definition) is 3. The maximum absolute atomic E-state index is 12.9. The minimum absolute atomic E-state index is 0.00291. The average Bonchev–Trinajstić information content (AvgIpc) is 3.12. The van der Waals surface area contributed by atoms with Crippen molar-refractivity contribution in [2.75, 3.05) is 12.1 Å². The molecule has 4 rings (SSSR count). The first kappa shape index (κ1) is 16.9. The van der Waals surface area contributed by atoms with Crippen molar-refractivity contribution in [2.45, 2.75) is 38.0 Å². The van der Waals surface area contributed by atoms with Gasteiger partial charge in [0.25, 0.3) is 0 Å². The van der Waals surface area contributed by atoms with Crippen LogP contribution in [0.1, 0.15) is 43.6 Å². The molecule has 0 saturated heterocycles. The van der Waals surface area contributed by atoms with Crippen LogP contribution in [-0.2, 0) is 4.79 Å². The Kier molecular flexibility index (Phi) is 4.78. The Bertz CT molecular complexity index is 782. The van der Waals surface area contributed by atoms with Crippen molar-refractivity contribution in [2.24, 2.45) is 5.92 Å². The summed E-state index contributed by atoms with van der Waals surface area (Å²) in [6.07, 6.45) is 4.75. The molecule has 4 nitrogen and oxygen atoms in total. The zero-order valence-electron chi connectivity index (χ0n) is 14.5. The first-order chi connectivity index (χ1) is 12.7. The molecule has 0 unspecified atom stereocenters. The smallest absolute Gasteiger partial charge is 0.231 e. The highest BCUT2D eigenvalue weighted by Crippen LogP contribution is 2.41. The number of amides is 1. The molecule has 0 spiro atoms. The van der Waals surface area contributed by atoms with Crippen LogP contribution in [0.5, 0.6) is 11.5 Å². The number of ether oxygens (including phenoxy) is 2. The zero-order chi connectivity index (χ0) is 17.9. The number of carbonyl (C=O) groups excluding carboxylic acids is 1. The van der Waals surface area contributed by atoms with Crippen molar-refractivity contribution in [1.29, 1.82) is 0 Å². The van der Waals surface area contributed by atoms with E-state index in [1.54, 1.807) is 12.1 Å². The normalized spacial score (nSPS) is 21.4. The van der Waals surface area contributed by atoms with Crippen LogP contribution in [0.25, 0.3) is 0 Å². The first-order valence-corrected chi connectivity index (χ1v) is 9.12. The maximum Gasteiger partial charge on any atom is 0.231 e. The predicted octanol–water partition coefficient (Wildman–Crippen LogP) is 4.86. The van der Waals surface area contributed by atoms with E-state index in [4.69, 9.17) is 9.47 Å². The Morgan fingerprint density at radius 1 is 1.00 bits per heavy atom. The predicted molar refractivity (Wildman–Crippen MR) is 96.9 cm³/mol. The topological polar surface area (TPSA) is 47.6 Å². The van der Waals surface area contributed by atoms with Crippen molar-refractivity contribution in [3.63, 3.8) is 0 Å². The summed E-state index contributed by atoms with van der Waals surface area (Å²) in [7, 11) is 0. The molecule has 1 amide bonds. The van der Waals surface area contributed by atoms with Gasteiger partial charge >= 0.3 is 0 Å². The molecule has 0 radical (unpaired) electrons. The van der Waals surface area contributed by atoms with Crippen molar-refractivity contribution in [3.05, 3.63) is 53.8 Å². The van der Waals surface area contributed by atoms with Crippen LogP contribution in [0.3, 0.4) is 0 Å². The van der Waals surface area contributed by atoms with Crippen LogP contribution >= 0.6 is 0 Å². The molecule has 2 aromatic carbocycles. The van der Waals surface area contributed by atoms with E-state index in [1.807, 2.05) is 6.07 Å². The lowest BCUT2D eigenvalue weighted by Crippen LogP contribution is -2.20. The van der Waals surface area contributed by atoms with Gasteiger partial charge in [-0.15, -0.1) is 0 Å². The molecule has 1 aliphatic heterocycles. The number of carbonyl (C=O) groups is 1. The quantitative estimate of drug-likeness (QED) is 0.852. The third kappa shape index (κ3) is 3.82. The van der Waals surface area contributed by atoms with Gasteiger partial charge in [0, 0.05) is 12.1 Å². The van der Waals surface area contributed by atoms with Gasteiger partial charge in [0.1, 0.15) is 5.82 Å². The van der Waals surface area contributed by atoms with Crippen LogP contribution in [0, 0.1) is 11.7 Å². The van der Waals surface area contributed by atoms with Gasteiger partial charge < -0.3 is 14.8 Å². The molecular weight excluding hydrogens is 333 g/mol. The van der Waals surface area contributed by atoms with E-state index < -0.39 is 0 Å². The first-order valence-electron chi connectivity index (χ1n) is 9.12. The second-order valence-electron chi connectivity index (χ2n) is 7.09. The lowest BCUT2D eigenvalue weighted by molar-refractivity contribution is -0.117. The fourth-order valence-electron chi connectivity index (χ4n) is 3.87. The van der Waals surface area contributed by atoms with Gasteiger partial charge in [-0.1, -0.05) is 6.07 Å². The third-order valence-corrected chi connectivity index (χ3v) is 5.32. The summed E-state index contributed by atoms with van der Waals surface area (Å²) >= 11 is 0. The molecule has 0 bridgehead atoms. The number of nitrogens with one attached hydrogen (secondary N) is 1. The van der Waals surface area contributed by atoms with Crippen LogP contribution in [0.4, 0.5) is 10.1 Å². The van der Waals surface area contributed by atoms with Crippen LogP contribution in [-0.4, -0.2) is 12.7 Å². The molecule has 2 aromatic rings. The fraction of sp³-hybridized carbons (Fsp3) is 0.381. The summed E-state index contributed by atoms with van der Waals surface area (Å²) in [5.41, 5.74) is 1.94. The molecule has 5 heteroatoms. The Labute approximate surface area is 152 Å². The van der Waals surface area contributed by atoms with Gasteiger partial charge in [0.05, 0.1) is 0 Å². The number of hydrogen-bond donors (Lipinski definition) is 1. The Hall–Kier alpha value is -2.56. The minimum Gasteiger partial charge on any atom is -0.454 e. The van der Waals surface area contributed by atoms with Crippen molar-refractivity contribution in [3.8, 4) is 11.5 Å². The number of halogens is 1. The van der Waals surface area contributed by atoms with E-state index in [0.717, 1.165) is 37.2 Å². The molecular formula is C21H22FNO3. The SMILES string of the molecule is O=C(C[C@H]1CC[C@H](c2ccc3c(c2)OCO3)CC1)Nc1ccc(F)cc1. The maximum atomic E-state index is 12.9. The van der Waals surface area contributed by atoms with E-state index in [9.17, 15) is 9.18 Å². The number of benzene rings is 2. The van der Waals surface area contributed by atoms with E-state index in [-0.39, 0.29) is 11.7 Å². The lowest BCUT2D eigenvalue weighted by atomic mass is 9.77. The molecule has 1 heterocycles. The molecule has 1 N–H and O–H groups in total. The monoisotopic (exact) mass is 355 g/mol. The zero-order valence-corrected chi connectivity index (χ0v) is 14.5. The van der Waals surface area contributed by atoms with Crippen molar-refractivity contribution >= 4 is 11.6 Å². The highest BCUT2D eigenvalue weighted by Gasteiger charge is 2.25. The van der Waals surface area contributed by atoms with Gasteiger partial charge in [-0.2, -0.15) is 0 Å². The van der Waals surface area contributed by atoms with Crippen molar-refractivity contribution < 1.29 is 18.7 Å². The molecule has 26 heavy (non-hydrogen) atoms. The van der Waals surface area contributed by atoms with E-state index in [0.29, 0.717) is 30.7 Å². The fourth-order valence-corrected chi connectivity index (χ4v) is 3.87. The summed E-state index contributed by atoms with van der Waals surface area (Å²) in [6, 6.07) is 12.1. The van der Waals surface area contributed by atoms with Crippen LogP contribution in [0.15, 0.2) is 42.5 Å². The highest BCUT2D eigenvalue weighted by molar-refractivity contribution is 5.90. The van der Waals surface area contributed by atoms with Gasteiger partial charge in [-0.05, 0) is 79.5 Å². The van der Waals surface area contributed by atoms with Crippen LogP contribution < -0.4 is 14.8 Å². The summed E-state index contributed by atoms with van der Waals surface area (Å²) in [4.78, 5) is 12.2. The Morgan fingerprint density at radius 3 is 2.50 bits per heavy atom. The lowest BCUT2D eigenvalue weighted by Gasteiger charge is -2.28. The van der Waals surface area contributed by atoms with Gasteiger partial charge in [0.15, 0.2) is 11.5 Å². The summed E-state index contributed by atoms with van der Waals surface area (Å²) < 4.78 is 23.8. The van der Waals surface area contributed by atoms with Gasteiger partial charge in [-0.3, -0.25) is 4.79 Å². The largest absolute Gasteiger partial charge is 0.454 e. The summed E-state index contributed by atoms with van der Waals surface area (Å²) in [5, 5.41) is 2.85. The van der Waals surface area contributed by atoms with Gasteiger partial charge in [0.2, 0.25) is 12.7 Å². The molecule has 2 aliphatic rings. The average molecular weight is 355 g/mol. The molecule has 0 atom stereocenters. The molecule has 1 fully saturated rings. The molecule has 0 aromatic heterocycles. The number of anilines is 1. The van der Waals surface area contributed by atoms with E-state index in [1.165, 1.54) is 17.7 Å². The number of rotatable bonds is 4. The molecule has 1 aliphatic carbocycles. The van der Waals surface area contributed by atoms with Crippen LogP contribution in [0.2, 0.25) is 0 Å². The molecule has 1 saturated carbocycles. The van der Waals surface area contributed by atoms with E-state index in [2.05, 4.69) is 17.4 Å². The highest BCUT2D eigenvalue weighted by atomic mass is 19.1. The summed E-state index contributed by atoms with van der Waals surface area (Å²) in [6.45, 7) is 0.300. The standard InChI is InChI=1S/C21H22FNO3/c22-17-6-8-18(9-7-17)23-21(24)11-14-1-3-15(4-2-14)16-5-10-19-20(12-16)26-13-25-19/h5-10,12,14-15H,1-4,11,13H2,(H,23,24)/t14-,15-.